The maximum atomic E-state index is 13.2. The summed E-state index contributed by atoms with van der Waals surface area (Å²) < 4.78 is 11.9. The Morgan fingerprint density at radius 2 is 1.72 bits per heavy atom. The van der Waals surface area contributed by atoms with Gasteiger partial charge in [-0.05, 0) is 82.6 Å². The zero-order valence-electron chi connectivity index (χ0n) is 26.4. The van der Waals surface area contributed by atoms with Crippen molar-refractivity contribution in [1.29, 1.82) is 0 Å². The molecule has 3 aromatic carbocycles. The highest BCUT2D eigenvalue weighted by molar-refractivity contribution is 7.14. The molecule has 0 saturated carbocycles. The average Bonchev–Trinajstić information content (AvgIpc) is 3.83. The van der Waals surface area contributed by atoms with E-state index in [4.69, 9.17) is 9.26 Å². The molecule has 7 rings (SSSR count). The molecule has 2 saturated heterocycles. The summed E-state index contributed by atoms with van der Waals surface area (Å²) in [5.41, 5.74) is 3.91. The Morgan fingerprint density at radius 1 is 0.957 bits per heavy atom. The predicted molar refractivity (Wildman–Crippen MR) is 178 cm³/mol. The molecule has 10 heteroatoms. The van der Waals surface area contributed by atoms with E-state index in [1.807, 2.05) is 53.4 Å². The topological polar surface area (TPSA) is 97.5 Å². The molecule has 2 aliphatic rings. The van der Waals surface area contributed by atoms with Crippen LogP contribution >= 0.6 is 11.3 Å². The van der Waals surface area contributed by atoms with Gasteiger partial charge in [-0.1, -0.05) is 59.0 Å². The monoisotopic (exact) mass is 634 g/mol. The molecule has 1 amide bonds. The smallest absolute Gasteiger partial charge is 0.257 e. The average molecular weight is 635 g/mol. The number of rotatable bonds is 9. The largest absolute Gasteiger partial charge is 0.457 e. The minimum atomic E-state index is 0.153. The van der Waals surface area contributed by atoms with Crippen molar-refractivity contribution in [2.24, 2.45) is 0 Å². The fourth-order valence-corrected chi connectivity index (χ4v) is 7.39. The third-order valence-electron chi connectivity index (χ3n) is 9.07. The highest BCUT2D eigenvalue weighted by Crippen LogP contribution is 2.38. The van der Waals surface area contributed by atoms with Gasteiger partial charge in [0, 0.05) is 54.1 Å². The van der Waals surface area contributed by atoms with E-state index in [9.17, 15) is 4.79 Å². The van der Waals surface area contributed by atoms with Crippen LogP contribution in [0.1, 0.15) is 66.9 Å². The van der Waals surface area contributed by atoms with Crippen LogP contribution < -0.4 is 4.74 Å². The first kappa shape index (κ1) is 30.3. The first-order valence-corrected chi connectivity index (χ1v) is 16.8. The number of aromatic nitrogens is 4. The Hall–Kier alpha value is -4.41. The molecule has 0 aliphatic carbocycles. The molecule has 2 fully saturated rings. The third kappa shape index (κ3) is 6.59. The van der Waals surface area contributed by atoms with E-state index in [1.54, 1.807) is 18.3 Å². The lowest BCUT2D eigenvalue weighted by atomic mass is 9.97. The summed E-state index contributed by atoms with van der Waals surface area (Å²) in [6, 6.07) is 24.6. The van der Waals surface area contributed by atoms with Crippen LogP contribution in [0, 0.1) is 6.92 Å². The first-order valence-electron chi connectivity index (χ1n) is 16.0. The second-order valence-corrected chi connectivity index (χ2v) is 13.5. The molecule has 0 N–H and O–H groups in total. The highest BCUT2D eigenvalue weighted by Gasteiger charge is 2.31. The first-order chi connectivity index (χ1) is 22.4. The van der Waals surface area contributed by atoms with Crippen molar-refractivity contribution in [1.82, 2.24) is 30.1 Å². The van der Waals surface area contributed by atoms with Crippen molar-refractivity contribution >= 4 is 17.2 Å². The molecule has 2 aromatic heterocycles. The number of ether oxygens (including phenoxy) is 1. The van der Waals surface area contributed by atoms with Gasteiger partial charge in [-0.2, -0.15) is 4.98 Å². The van der Waals surface area contributed by atoms with E-state index in [-0.39, 0.29) is 11.8 Å². The Labute approximate surface area is 273 Å². The van der Waals surface area contributed by atoms with Gasteiger partial charge in [0.1, 0.15) is 21.5 Å². The van der Waals surface area contributed by atoms with Crippen LogP contribution in [0.5, 0.6) is 11.5 Å². The fourth-order valence-electron chi connectivity index (χ4n) is 6.38. The van der Waals surface area contributed by atoms with Gasteiger partial charge in [0.2, 0.25) is 5.91 Å². The number of amides is 1. The van der Waals surface area contributed by atoms with Crippen LogP contribution in [0.4, 0.5) is 0 Å². The lowest BCUT2D eigenvalue weighted by Gasteiger charge is -2.33. The number of hydrogen-bond donors (Lipinski definition) is 0. The van der Waals surface area contributed by atoms with Crippen LogP contribution in [-0.4, -0.2) is 61.7 Å². The summed E-state index contributed by atoms with van der Waals surface area (Å²) in [7, 11) is 0. The van der Waals surface area contributed by atoms with Gasteiger partial charge in [-0.15, -0.1) is 10.2 Å². The second kappa shape index (κ2) is 13.1. The maximum absolute atomic E-state index is 13.2. The zero-order valence-corrected chi connectivity index (χ0v) is 27.2. The van der Waals surface area contributed by atoms with Gasteiger partial charge in [-0.3, -0.25) is 4.79 Å². The van der Waals surface area contributed by atoms with Crippen LogP contribution in [0.15, 0.2) is 77.3 Å². The van der Waals surface area contributed by atoms with E-state index in [0.717, 1.165) is 52.6 Å². The molecule has 0 spiro atoms. The second-order valence-electron chi connectivity index (χ2n) is 12.5. The lowest BCUT2D eigenvalue weighted by molar-refractivity contribution is -0.128. The van der Waals surface area contributed by atoms with Crippen molar-refractivity contribution in [2.45, 2.75) is 64.5 Å². The molecule has 9 nitrogen and oxygen atoms in total. The summed E-state index contributed by atoms with van der Waals surface area (Å²) >= 11 is 1.67. The Balaban J connectivity index is 1.14. The Kier molecular flexibility index (Phi) is 8.64. The maximum Gasteiger partial charge on any atom is 0.257 e. The normalized spacial score (nSPS) is 17.7. The van der Waals surface area contributed by atoms with Gasteiger partial charge in [0.05, 0.1) is 0 Å². The van der Waals surface area contributed by atoms with Gasteiger partial charge in [-0.25, -0.2) is 0 Å². The molecule has 236 valence electrons. The number of piperidine rings is 1. The molecular weight excluding hydrogens is 597 g/mol. The van der Waals surface area contributed by atoms with Crippen LogP contribution in [0.25, 0.3) is 22.0 Å². The van der Waals surface area contributed by atoms with E-state index >= 15 is 0 Å². The van der Waals surface area contributed by atoms with E-state index in [2.05, 4.69) is 63.4 Å². The number of aryl methyl sites for hydroxylation is 1. The van der Waals surface area contributed by atoms with Crippen LogP contribution in [0.2, 0.25) is 0 Å². The summed E-state index contributed by atoms with van der Waals surface area (Å²) in [5, 5.41) is 15.1. The van der Waals surface area contributed by atoms with Gasteiger partial charge in [0.15, 0.2) is 5.82 Å². The minimum absolute atomic E-state index is 0.153. The van der Waals surface area contributed by atoms with Crippen molar-refractivity contribution in [2.75, 3.05) is 19.6 Å². The summed E-state index contributed by atoms with van der Waals surface area (Å²) in [5.74, 6) is 3.19. The minimum Gasteiger partial charge on any atom is -0.457 e. The van der Waals surface area contributed by atoms with Gasteiger partial charge >= 0.3 is 0 Å². The van der Waals surface area contributed by atoms with E-state index < -0.39 is 0 Å². The number of carbonyl (C=O) groups is 1. The quantitative estimate of drug-likeness (QED) is 0.165. The Morgan fingerprint density at radius 3 is 2.43 bits per heavy atom. The molecule has 2 aliphatic heterocycles. The molecule has 0 bridgehead atoms. The number of likely N-dealkylation sites (tertiary alicyclic amines) is 2. The summed E-state index contributed by atoms with van der Waals surface area (Å²) in [6.45, 7) is 9.64. The van der Waals surface area contributed by atoms with Gasteiger partial charge in [0.25, 0.3) is 5.89 Å². The SMILES string of the molecule is Cc1noc(-c2ccc(Oc3cc(-c4nnc(C5CCN(C(C)C)CC5)s4)ccc3CN3C[C@H](c4ccccc4)CC3=O)cc2)n1. The standard InChI is InChI=1S/C36H38N6O3S/c1-23(2)41-17-15-27(16-18-41)35-38-39-36(46-35)28-9-10-29(21-42-22-30(20-33(42)43)25-7-5-4-6-8-25)32(19-28)44-31-13-11-26(12-14-31)34-37-24(3)40-45-34/h4-14,19,23,27,30H,15-18,20-22H2,1-3H3/t30-/m1/s1. The molecular formula is C36H38N6O3S. The molecule has 4 heterocycles. The summed E-state index contributed by atoms with van der Waals surface area (Å²) in [4.78, 5) is 21.9. The molecule has 5 aromatic rings. The molecule has 46 heavy (non-hydrogen) atoms. The van der Waals surface area contributed by atoms with Gasteiger partial charge < -0.3 is 19.1 Å². The summed E-state index contributed by atoms with van der Waals surface area (Å²) in [6.07, 6.45) is 2.72. The van der Waals surface area contributed by atoms with Crippen molar-refractivity contribution in [3.05, 3.63) is 94.8 Å². The number of nitrogens with zero attached hydrogens (tertiary/aromatic N) is 6. The van der Waals surface area contributed by atoms with Crippen molar-refractivity contribution < 1.29 is 14.1 Å². The highest BCUT2D eigenvalue weighted by atomic mass is 32.1. The van der Waals surface area contributed by atoms with E-state index in [0.29, 0.717) is 54.7 Å². The van der Waals surface area contributed by atoms with Crippen LogP contribution in [0.3, 0.4) is 0 Å². The van der Waals surface area contributed by atoms with Crippen LogP contribution in [-0.2, 0) is 11.3 Å². The van der Waals surface area contributed by atoms with Crippen molar-refractivity contribution in [3.8, 4) is 33.5 Å². The predicted octanol–water partition coefficient (Wildman–Crippen LogP) is 7.46. The number of carbonyl (C=O) groups excluding carboxylic acids is 1. The molecule has 0 unspecified atom stereocenters. The molecule has 0 radical (unpaired) electrons. The number of hydrogen-bond acceptors (Lipinski definition) is 9. The fraction of sp³-hybridized carbons (Fsp3) is 0.361. The third-order valence-corrected chi connectivity index (χ3v) is 10.2. The zero-order chi connectivity index (χ0) is 31.6. The van der Waals surface area contributed by atoms with E-state index in [1.165, 1.54) is 5.56 Å². The molecule has 1 atom stereocenters. The number of benzene rings is 3. The van der Waals surface area contributed by atoms with Crippen molar-refractivity contribution in [3.63, 3.8) is 0 Å². The lowest BCUT2D eigenvalue weighted by Crippen LogP contribution is -2.37. The Bertz CT molecular complexity index is 1790.